The zero-order valence-corrected chi connectivity index (χ0v) is 19.1. The first-order valence-electron chi connectivity index (χ1n) is 11.3. The van der Waals surface area contributed by atoms with Crippen molar-refractivity contribution < 1.29 is 13.2 Å². The zero-order valence-electron chi connectivity index (χ0n) is 18.3. The molecule has 5 rings (SSSR count). The second-order valence-electron chi connectivity index (χ2n) is 9.02. The Balaban J connectivity index is 1.24. The van der Waals surface area contributed by atoms with Crippen molar-refractivity contribution in [1.82, 2.24) is 4.31 Å². The Morgan fingerprint density at radius 1 is 0.969 bits per heavy atom. The van der Waals surface area contributed by atoms with Crippen LogP contribution in [0.3, 0.4) is 0 Å². The summed E-state index contributed by atoms with van der Waals surface area (Å²) in [6.07, 6.45) is 3.19. The monoisotopic (exact) mass is 448 g/mol. The molecule has 0 radical (unpaired) electrons. The molecule has 0 saturated carbocycles. The summed E-state index contributed by atoms with van der Waals surface area (Å²) in [6.45, 7) is 2.75. The number of sulfonamides is 1. The number of nitrogens with one attached hydrogen (secondary N) is 1. The lowest BCUT2D eigenvalue weighted by Gasteiger charge is -2.30. The third kappa shape index (κ3) is 4.05. The smallest absolute Gasteiger partial charge is 0.227 e. The Morgan fingerprint density at radius 2 is 1.66 bits per heavy atom. The van der Waals surface area contributed by atoms with Gasteiger partial charge in [-0.1, -0.05) is 54.1 Å². The van der Waals surface area contributed by atoms with Crippen molar-refractivity contribution in [2.75, 3.05) is 18.4 Å². The maximum Gasteiger partial charge on any atom is 0.227 e. The summed E-state index contributed by atoms with van der Waals surface area (Å²) in [5.74, 6) is -0.187. The number of carbonyl (C=O) groups excluding carboxylic acids is 1. The third-order valence-corrected chi connectivity index (χ3v) is 8.67. The molecule has 1 aliphatic carbocycles. The molecule has 3 aromatic carbocycles. The van der Waals surface area contributed by atoms with Gasteiger partial charge in [-0.05, 0) is 60.7 Å². The molecular weight excluding hydrogens is 420 g/mol. The number of nitrogens with zero attached hydrogens (tertiary/aromatic N) is 1. The highest BCUT2D eigenvalue weighted by Gasteiger charge is 2.31. The van der Waals surface area contributed by atoms with E-state index in [1.807, 2.05) is 37.3 Å². The Labute approximate surface area is 189 Å². The van der Waals surface area contributed by atoms with Crippen LogP contribution in [-0.4, -0.2) is 31.7 Å². The standard InChI is InChI=1S/C26H28N2O3S/c1-18-5-7-19(8-6-18)17-32(30,31)28-15-13-22(14-16-28)26(29)27-24-12-11-21-10-9-20-3-2-4-23(24)25(20)21/h2-8,11-12,22H,9-10,13-17H2,1H3,(H,27,29). The molecule has 2 aliphatic rings. The van der Waals surface area contributed by atoms with E-state index in [0.717, 1.165) is 35.0 Å². The summed E-state index contributed by atoms with van der Waals surface area (Å²) in [5, 5.41) is 5.51. The number of carbonyl (C=O) groups is 1. The van der Waals surface area contributed by atoms with Crippen LogP contribution in [0.4, 0.5) is 5.69 Å². The van der Waals surface area contributed by atoms with E-state index in [2.05, 4.69) is 29.6 Å². The first kappa shape index (κ1) is 21.2. The number of hydrogen-bond donors (Lipinski definition) is 1. The molecule has 166 valence electrons. The average molecular weight is 449 g/mol. The van der Waals surface area contributed by atoms with Crippen molar-refractivity contribution in [2.45, 2.75) is 38.4 Å². The zero-order chi connectivity index (χ0) is 22.3. The number of hydrogen-bond acceptors (Lipinski definition) is 3. The Hall–Kier alpha value is -2.70. The predicted octanol–water partition coefficient (Wildman–Crippen LogP) is 4.43. The van der Waals surface area contributed by atoms with E-state index >= 15 is 0 Å². The number of anilines is 1. The molecule has 1 N–H and O–H groups in total. The summed E-state index contributed by atoms with van der Waals surface area (Å²) in [4.78, 5) is 13.0. The van der Waals surface area contributed by atoms with Gasteiger partial charge in [-0.25, -0.2) is 12.7 Å². The molecular formula is C26H28N2O3S. The largest absolute Gasteiger partial charge is 0.325 e. The second-order valence-corrected chi connectivity index (χ2v) is 11.0. The van der Waals surface area contributed by atoms with Gasteiger partial charge in [0.25, 0.3) is 0 Å². The summed E-state index contributed by atoms with van der Waals surface area (Å²) < 4.78 is 27.2. The van der Waals surface area contributed by atoms with Crippen LogP contribution in [0.2, 0.25) is 0 Å². The highest BCUT2D eigenvalue weighted by Crippen LogP contribution is 2.35. The fourth-order valence-corrected chi connectivity index (χ4v) is 6.54. The van der Waals surface area contributed by atoms with Gasteiger partial charge in [0.1, 0.15) is 0 Å². The molecule has 0 spiro atoms. The van der Waals surface area contributed by atoms with E-state index < -0.39 is 10.0 Å². The normalized spacial score (nSPS) is 17.0. The Bertz CT molecular complexity index is 1260. The Kier molecular flexibility index (Phi) is 5.51. The van der Waals surface area contributed by atoms with Crippen molar-refractivity contribution >= 4 is 32.4 Å². The molecule has 3 aromatic rings. The maximum absolute atomic E-state index is 13.0. The van der Waals surface area contributed by atoms with Gasteiger partial charge in [0.2, 0.25) is 15.9 Å². The molecule has 1 fully saturated rings. The molecule has 1 heterocycles. The van der Waals surface area contributed by atoms with E-state index in [-0.39, 0.29) is 17.6 Å². The number of benzene rings is 3. The van der Waals surface area contributed by atoms with E-state index in [0.29, 0.717) is 25.9 Å². The minimum absolute atomic E-state index is 0.00478. The number of amides is 1. The molecule has 5 nitrogen and oxygen atoms in total. The van der Waals surface area contributed by atoms with E-state index in [4.69, 9.17) is 0 Å². The van der Waals surface area contributed by atoms with Gasteiger partial charge in [-0.15, -0.1) is 0 Å². The van der Waals surface area contributed by atoms with Crippen LogP contribution in [0.25, 0.3) is 10.8 Å². The molecule has 1 amide bonds. The lowest BCUT2D eigenvalue weighted by molar-refractivity contribution is -0.120. The third-order valence-electron chi connectivity index (χ3n) is 6.82. The van der Waals surface area contributed by atoms with Crippen molar-refractivity contribution in [3.8, 4) is 0 Å². The highest BCUT2D eigenvalue weighted by molar-refractivity contribution is 7.88. The summed E-state index contributed by atoms with van der Waals surface area (Å²) >= 11 is 0. The number of aryl methyl sites for hydroxylation is 3. The number of piperidine rings is 1. The lowest BCUT2D eigenvalue weighted by Crippen LogP contribution is -2.41. The van der Waals surface area contributed by atoms with Gasteiger partial charge >= 0.3 is 0 Å². The number of rotatable bonds is 5. The Morgan fingerprint density at radius 3 is 2.38 bits per heavy atom. The van der Waals surface area contributed by atoms with Crippen LogP contribution in [0.1, 0.15) is 35.1 Å². The minimum atomic E-state index is -3.39. The van der Waals surface area contributed by atoms with E-state index in [1.165, 1.54) is 20.8 Å². The van der Waals surface area contributed by atoms with Crippen molar-refractivity contribution in [3.05, 3.63) is 76.9 Å². The van der Waals surface area contributed by atoms with Crippen LogP contribution in [0.15, 0.2) is 54.6 Å². The average Bonchev–Trinajstić information content (AvgIpc) is 3.22. The second kappa shape index (κ2) is 8.34. The van der Waals surface area contributed by atoms with E-state index in [1.54, 1.807) is 0 Å². The van der Waals surface area contributed by atoms with Gasteiger partial charge < -0.3 is 5.32 Å². The van der Waals surface area contributed by atoms with Gasteiger partial charge in [0.15, 0.2) is 0 Å². The maximum atomic E-state index is 13.0. The lowest BCUT2D eigenvalue weighted by atomic mass is 9.96. The molecule has 0 unspecified atom stereocenters. The van der Waals surface area contributed by atoms with Crippen molar-refractivity contribution in [1.29, 1.82) is 0 Å². The quantitative estimate of drug-likeness (QED) is 0.628. The van der Waals surface area contributed by atoms with Crippen molar-refractivity contribution in [2.24, 2.45) is 5.92 Å². The van der Waals surface area contributed by atoms with Crippen LogP contribution < -0.4 is 5.32 Å². The molecule has 6 heteroatoms. The SMILES string of the molecule is Cc1ccc(CS(=O)(=O)N2CCC(C(=O)Nc3ccc4c5c(cccc35)CC4)CC2)cc1. The summed E-state index contributed by atoms with van der Waals surface area (Å²) in [7, 11) is -3.39. The van der Waals surface area contributed by atoms with Crippen molar-refractivity contribution in [3.63, 3.8) is 0 Å². The molecule has 0 aromatic heterocycles. The van der Waals surface area contributed by atoms with Gasteiger partial charge in [0, 0.05) is 30.1 Å². The fraction of sp³-hybridized carbons (Fsp3) is 0.346. The van der Waals surface area contributed by atoms with Crippen LogP contribution in [0.5, 0.6) is 0 Å². The fourth-order valence-electron chi connectivity index (χ4n) is 4.97. The van der Waals surface area contributed by atoms with Crippen LogP contribution >= 0.6 is 0 Å². The minimum Gasteiger partial charge on any atom is -0.325 e. The molecule has 32 heavy (non-hydrogen) atoms. The van der Waals surface area contributed by atoms with Crippen LogP contribution in [-0.2, 0) is 33.4 Å². The molecule has 0 bridgehead atoms. The van der Waals surface area contributed by atoms with E-state index in [9.17, 15) is 13.2 Å². The molecule has 0 atom stereocenters. The topological polar surface area (TPSA) is 66.5 Å². The molecule has 1 saturated heterocycles. The van der Waals surface area contributed by atoms with Gasteiger partial charge in [-0.2, -0.15) is 0 Å². The summed E-state index contributed by atoms with van der Waals surface area (Å²) in [6, 6.07) is 18.0. The van der Waals surface area contributed by atoms with Gasteiger partial charge in [-0.3, -0.25) is 4.79 Å². The van der Waals surface area contributed by atoms with Gasteiger partial charge in [0.05, 0.1) is 5.75 Å². The molecule has 1 aliphatic heterocycles. The first-order valence-corrected chi connectivity index (χ1v) is 12.9. The summed E-state index contributed by atoms with van der Waals surface area (Å²) in [5.41, 5.74) is 5.45. The predicted molar refractivity (Wildman–Crippen MR) is 128 cm³/mol. The van der Waals surface area contributed by atoms with Crippen LogP contribution in [0, 0.1) is 12.8 Å². The highest BCUT2D eigenvalue weighted by atomic mass is 32.2. The first-order chi connectivity index (χ1) is 15.4.